The smallest absolute Gasteiger partial charge is 0.252 e. The number of nitrogens with two attached hydrogens (primary N) is 1. The highest BCUT2D eigenvalue weighted by Crippen LogP contribution is 2.21. The van der Waals surface area contributed by atoms with Crippen molar-refractivity contribution >= 4 is 5.82 Å². The minimum absolute atomic E-state index is 0.195. The summed E-state index contributed by atoms with van der Waals surface area (Å²) in [5, 5.41) is 0. The Balaban J connectivity index is 2.68. The average Bonchev–Trinajstić information content (AvgIpc) is 2.32. The van der Waals surface area contributed by atoms with Crippen LogP contribution in [0.25, 0.3) is 0 Å². The molecule has 102 valence electrons. The van der Waals surface area contributed by atoms with E-state index in [0.717, 1.165) is 0 Å². The van der Waals surface area contributed by atoms with Crippen LogP contribution in [-0.2, 0) is 4.74 Å². The van der Waals surface area contributed by atoms with Gasteiger partial charge in [-0.25, -0.2) is 14.6 Å². The minimum Gasteiger partial charge on any atom is -0.475 e. The minimum atomic E-state index is -0.875. The maximum absolute atomic E-state index is 13.3. The number of nitrogens with zero attached hydrogens (tertiary/aromatic N) is 1. The van der Waals surface area contributed by atoms with Crippen LogP contribution in [0.3, 0.4) is 0 Å². The van der Waals surface area contributed by atoms with Crippen molar-refractivity contribution < 1.29 is 18.3 Å². The van der Waals surface area contributed by atoms with E-state index < -0.39 is 11.6 Å². The van der Waals surface area contributed by atoms with Crippen LogP contribution >= 0.6 is 0 Å². The maximum Gasteiger partial charge on any atom is 0.252 e. The number of hydrazine groups is 1. The summed E-state index contributed by atoms with van der Waals surface area (Å²) in [5.74, 6) is 2.73. The van der Waals surface area contributed by atoms with E-state index >= 15 is 0 Å². The summed E-state index contributed by atoms with van der Waals surface area (Å²) in [6, 6.07) is 0.666. The molecule has 0 saturated carbocycles. The molecule has 1 aromatic rings. The Hall–Kier alpha value is -1.47. The van der Waals surface area contributed by atoms with Crippen LogP contribution in [0, 0.1) is 11.6 Å². The SMILES string of the molecule is COC(C)(C)CCOc1nc(NN)c(F)cc1F. The van der Waals surface area contributed by atoms with Crippen LogP contribution in [0.4, 0.5) is 14.6 Å². The largest absolute Gasteiger partial charge is 0.475 e. The van der Waals surface area contributed by atoms with Crippen molar-refractivity contribution in [3.63, 3.8) is 0 Å². The summed E-state index contributed by atoms with van der Waals surface area (Å²) in [6.07, 6.45) is 0.535. The van der Waals surface area contributed by atoms with E-state index in [1.807, 2.05) is 19.3 Å². The van der Waals surface area contributed by atoms with E-state index in [4.69, 9.17) is 15.3 Å². The van der Waals surface area contributed by atoms with Crippen molar-refractivity contribution in [2.75, 3.05) is 19.1 Å². The van der Waals surface area contributed by atoms with Gasteiger partial charge in [0.1, 0.15) is 0 Å². The van der Waals surface area contributed by atoms with Gasteiger partial charge in [0, 0.05) is 19.6 Å². The lowest BCUT2D eigenvalue weighted by Crippen LogP contribution is -2.25. The molecule has 0 aromatic carbocycles. The predicted molar refractivity (Wildman–Crippen MR) is 63.2 cm³/mol. The lowest BCUT2D eigenvalue weighted by atomic mass is 10.1. The molecule has 0 radical (unpaired) electrons. The molecule has 0 aliphatic carbocycles. The van der Waals surface area contributed by atoms with Gasteiger partial charge in [0.05, 0.1) is 12.2 Å². The van der Waals surface area contributed by atoms with Crippen molar-refractivity contribution in [3.05, 3.63) is 17.7 Å². The van der Waals surface area contributed by atoms with E-state index in [1.165, 1.54) is 0 Å². The Morgan fingerprint density at radius 3 is 2.61 bits per heavy atom. The summed E-state index contributed by atoms with van der Waals surface area (Å²) in [6.45, 7) is 3.94. The number of aromatic nitrogens is 1. The van der Waals surface area contributed by atoms with Crippen LogP contribution in [-0.4, -0.2) is 24.3 Å². The van der Waals surface area contributed by atoms with Gasteiger partial charge < -0.3 is 14.9 Å². The van der Waals surface area contributed by atoms with Crippen LogP contribution in [0.1, 0.15) is 20.3 Å². The molecular weight excluding hydrogens is 244 g/mol. The highest BCUT2D eigenvalue weighted by Gasteiger charge is 2.18. The van der Waals surface area contributed by atoms with Gasteiger partial charge in [-0.15, -0.1) is 0 Å². The summed E-state index contributed by atoms with van der Waals surface area (Å²) < 4.78 is 36.7. The summed E-state index contributed by atoms with van der Waals surface area (Å²) >= 11 is 0. The summed E-state index contributed by atoms with van der Waals surface area (Å²) in [5.41, 5.74) is 1.64. The molecule has 0 fully saturated rings. The molecule has 1 rings (SSSR count). The standard InChI is InChI=1S/C11H17F2N3O2/c1-11(2,17-3)4-5-18-10-8(13)6-7(12)9(15-10)16-14/h6H,4-5,14H2,1-3H3,(H,15,16). The lowest BCUT2D eigenvalue weighted by molar-refractivity contribution is 0.00472. The molecule has 1 aromatic heterocycles. The van der Waals surface area contributed by atoms with Crippen molar-refractivity contribution in [2.24, 2.45) is 5.84 Å². The van der Waals surface area contributed by atoms with Crippen molar-refractivity contribution in [3.8, 4) is 5.88 Å². The first-order chi connectivity index (χ1) is 8.39. The molecule has 0 bridgehead atoms. The van der Waals surface area contributed by atoms with Crippen LogP contribution in [0.5, 0.6) is 5.88 Å². The Bertz CT molecular complexity index is 414. The number of anilines is 1. The maximum atomic E-state index is 13.3. The molecule has 0 spiro atoms. The van der Waals surface area contributed by atoms with Crippen LogP contribution < -0.4 is 16.0 Å². The molecule has 0 amide bonds. The number of pyridine rings is 1. The van der Waals surface area contributed by atoms with Gasteiger partial charge >= 0.3 is 0 Å². The number of rotatable bonds is 6. The first kappa shape index (κ1) is 14.6. The lowest BCUT2D eigenvalue weighted by Gasteiger charge is -2.22. The highest BCUT2D eigenvalue weighted by atomic mass is 19.1. The number of methoxy groups -OCH3 is 1. The van der Waals surface area contributed by atoms with Crippen molar-refractivity contribution in [1.82, 2.24) is 4.98 Å². The van der Waals surface area contributed by atoms with E-state index in [-0.39, 0.29) is 23.9 Å². The van der Waals surface area contributed by atoms with E-state index in [9.17, 15) is 8.78 Å². The highest BCUT2D eigenvalue weighted by molar-refractivity contribution is 5.38. The second-order valence-electron chi connectivity index (χ2n) is 4.31. The Morgan fingerprint density at radius 2 is 2.06 bits per heavy atom. The molecule has 3 N–H and O–H groups in total. The molecule has 7 heteroatoms. The van der Waals surface area contributed by atoms with E-state index in [1.54, 1.807) is 7.11 Å². The normalized spacial score (nSPS) is 11.4. The quantitative estimate of drug-likeness (QED) is 0.604. The first-order valence-electron chi connectivity index (χ1n) is 5.40. The molecule has 0 atom stereocenters. The Labute approximate surface area is 104 Å². The molecular formula is C11H17F2N3O2. The summed E-state index contributed by atoms with van der Waals surface area (Å²) in [7, 11) is 1.58. The van der Waals surface area contributed by atoms with Gasteiger partial charge in [0.25, 0.3) is 5.88 Å². The fraction of sp³-hybridized carbons (Fsp3) is 0.545. The molecule has 0 unspecified atom stereocenters. The van der Waals surface area contributed by atoms with Crippen LogP contribution in [0.15, 0.2) is 6.07 Å². The number of hydrogen-bond donors (Lipinski definition) is 2. The second kappa shape index (κ2) is 5.92. The van der Waals surface area contributed by atoms with Gasteiger partial charge in [-0.05, 0) is 13.8 Å². The second-order valence-corrected chi connectivity index (χ2v) is 4.31. The zero-order valence-corrected chi connectivity index (χ0v) is 10.6. The average molecular weight is 261 g/mol. The first-order valence-corrected chi connectivity index (χ1v) is 5.40. The Morgan fingerprint density at radius 1 is 1.39 bits per heavy atom. The summed E-state index contributed by atoms with van der Waals surface area (Å²) in [4.78, 5) is 3.59. The molecule has 0 aliphatic heterocycles. The van der Waals surface area contributed by atoms with E-state index in [2.05, 4.69) is 4.98 Å². The third-order valence-electron chi connectivity index (χ3n) is 2.53. The zero-order valence-electron chi connectivity index (χ0n) is 10.6. The molecule has 18 heavy (non-hydrogen) atoms. The number of ether oxygens (including phenoxy) is 2. The zero-order chi connectivity index (χ0) is 13.8. The fourth-order valence-electron chi connectivity index (χ4n) is 1.15. The molecule has 5 nitrogen and oxygen atoms in total. The van der Waals surface area contributed by atoms with Gasteiger partial charge in [-0.3, -0.25) is 0 Å². The third-order valence-corrected chi connectivity index (χ3v) is 2.53. The monoisotopic (exact) mass is 261 g/mol. The third kappa shape index (κ3) is 3.78. The van der Waals surface area contributed by atoms with Gasteiger partial charge in [-0.1, -0.05) is 0 Å². The molecule has 0 aliphatic rings. The van der Waals surface area contributed by atoms with Gasteiger partial charge in [0.2, 0.25) is 0 Å². The van der Waals surface area contributed by atoms with Crippen molar-refractivity contribution in [2.45, 2.75) is 25.9 Å². The molecule has 0 saturated heterocycles. The van der Waals surface area contributed by atoms with Crippen LogP contribution in [0.2, 0.25) is 0 Å². The number of halogens is 2. The van der Waals surface area contributed by atoms with Crippen molar-refractivity contribution in [1.29, 1.82) is 0 Å². The number of nitrogen functional groups attached to an aromatic ring is 1. The topological polar surface area (TPSA) is 69.4 Å². The van der Waals surface area contributed by atoms with Gasteiger partial charge in [0.15, 0.2) is 17.5 Å². The predicted octanol–water partition coefficient (Wildman–Crippen LogP) is 1.84. The fourth-order valence-corrected chi connectivity index (χ4v) is 1.15. The van der Waals surface area contributed by atoms with E-state index in [0.29, 0.717) is 12.5 Å². The van der Waals surface area contributed by atoms with Gasteiger partial charge in [-0.2, -0.15) is 4.98 Å². The number of nitrogens with one attached hydrogen (secondary N) is 1. The Kier molecular flexibility index (Phi) is 4.80. The number of hydrogen-bond acceptors (Lipinski definition) is 5. The molecule has 1 heterocycles.